The van der Waals surface area contributed by atoms with Crippen LogP contribution in [0.15, 0.2) is 71.7 Å². The highest BCUT2D eigenvalue weighted by atomic mass is 19.1. The molecule has 15 heteroatoms. The molecule has 4 aromatic rings. The molecular formula is C36H39F2N5O8. The topological polar surface area (TPSA) is 151 Å². The summed E-state index contributed by atoms with van der Waals surface area (Å²) in [6.45, 7) is 4.79. The smallest absolute Gasteiger partial charge is 0.420 e. The van der Waals surface area contributed by atoms with Crippen LogP contribution >= 0.6 is 0 Å². The second-order valence-corrected chi connectivity index (χ2v) is 12.7. The first-order chi connectivity index (χ1) is 24.1. The Kier molecular flexibility index (Phi) is 12.1. The third-order valence-corrected chi connectivity index (χ3v) is 7.37. The minimum Gasteiger partial charge on any atom is -0.453 e. The first-order valence-corrected chi connectivity index (χ1v) is 15.9. The predicted octanol–water partition coefficient (Wildman–Crippen LogP) is 5.36. The van der Waals surface area contributed by atoms with E-state index in [0.29, 0.717) is 6.07 Å². The molecule has 0 saturated heterocycles. The van der Waals surface area contributed by atoms with Crippen molar-refractivity contribution in [3.63, 3.8) is 0 Å². The molecule has 13 nitrogen and oxygen atoms in total. The van der Waals surface area contributed by atoms with E-state index in [1.54, 1.807) is 59.1 Å². The number of ketones is 1. The average molecular weight is 708 g/mol. The molecule has 2 amide bonds. The van der Waals surface area contributed by atoms with E-state index in [9.17, 15) is 32.8 Å². The van der Waals surface area contributed by atoms with E-state index in [4.69, 9.17) is 9.47 Å². The number of amides is 2. The summed E-state index contributed by atoms with van der Waals surface area (Å²) >= 11 is 0. The van der Waals surface area contributed by atoms with Crippen molar-refractivity contribution < 1.29 is 42.2 Å². The van der Waals surface area contributed by atoms with Crippen molar-refractivity contribution in [1.82, 2.24) is 24.3 Å². The zero-order chi connectivity index (χ0) is 37.5. The van der Waals surface area contributed by atoms with Crippen LogP contribution < -0.4 is 15.6 Å². The molecule has 2 heterocycles. The number of fused-ring (bicyclic) bond motifs is 1. The van der Waals surface area contributed by atoms with Gasteiger partial charge in [0, 0.05) is 38.3 Å². The summed E-state index contributed by atoms with van der Waals surface area (Å²) in [6.07, 6.45) is 2.82. The Balaban J connectivity index is 1.67. The Morgan fingerprint density at radius 3 is 2.45 bits per heavy atom. The number of benzene rings is 2. The number of methoxy groups -OCH3 is 1. The molecule has 1 N–H and O–H groups in total. The molecule has 0 fully saturated rings. The van der Waals surface area contributed by atoms with Crippen molar-refractivity contribution in [2.75, 3.05) is 21.2 Å². The van der Waals surface area contributed by atoms with Gasteiger partial charge in [-0.2, -0.15) is 0 Å². The van der Waals surface area contributed by atoms with Crippen LogP contribution in [0.3, 0.4) is 0 Å². The summed E-state index contributed by atoms with van der Waals surface area (Å²) in [5.41, 5.74) is -0.990. The Morgan fingerprint density at radius 1 is 1.04 bits per heavy atom. The van der Waals surface area contributed by atoms with Crippen LogP contribution in [0, 0.1) is 11.6 Å². The van der Waals surface area contributed by atoms with E-state index >= 15 is 0 Å². The number of nitrogens with one attached hydrogen (secondary N) is 1. The van der Waals surface area contributed by atoms with Gasteiger partial charge in [-0.25, -0.2) is 27.9 Å². The van der Waals surface area contributed by atoms with Crippen molar-refractivity contribution in [3.05, 3.63) is 100 Å². The molecule has 0 saturated carbocycles. The lowest BCUT2D eigenvalue weighted by atomic mass is 10.0. The molecule has 0 unspecified atom stereocenters. The van der Waals surface area contributed by atoms with Crippen LogP contribution in [-0.4, -0.2) is 75.7 Å². The Hall–Kier alpha value is -5.86. The van der Waals surface area contributed by atoms with Gasteiger partial charge in [0.2, 0.25) is 5.91 Å². The van der Waals surface area contributed by atoms with E-state index in [0.717, 1.165) is 19.2 Å². The number of halogens is 2. The molecule has 2 aromatic carbocycles. The quantitative estimate of drug-likeness (QED) is 0.192. The number of nitrogens with zero attached hydrogens (tertiary/aromatic N) is 4. The van der Waals surface area contributed by atoms with E-state index in [-0.39, 0.29) is 65.6 Å². The first-order valence-electron chi connectivity index (χ1n) is 15.9. The van der Waals surface area contributed by atoms with Crippen LogP contribution in [0.1, 0.15) is 45.0 Å². The molecule has 270 valence electrons. The Morgan fingerprint density at radius 2 is 1.78 bits per heavy atom. The maximum absolute atomic E-state index is 14.5. The number of Topliss-reactive ketones (excluding diaryl/α,β-unsaturated/α-hetero) is 1. The van der Waals surface area contributed by atoms with Crippen molar-refractivity contribution >= 4 is 34.9 Å². The number of likely N-dealkylation sites (N-methyl/N-ethyl adjacent to an activating group) is 1. The number of rotatable bonds is 12. The largest absolute Gasteiger partial charge is 0.453 e. The number of ether oxygens (including phenoxy) is 3. The van der Waals surface area contributed by atoms with E-state index in [1.165, 1.54) is 38.4 Å². The van der Waals surface area contributed by atoms with Gasteiger partial charge in [0.1, 0.15) is 22.8 Å². The normalized spacial score (nSPS) is 12.1. The standard InChI is InChI=1S/C36H39F2N5O8/c1-36(2,3)51-35(48)43-26-13-9-14-29(50-28-17-16-23(37)20-24(28)38)32(26)40-30(43)21-42-18-10-11-22(33(42)46)19-27(44)25(39-34(47)49-6)12-7-8-15-31(45)41(4)5/h8-11,13-18,20,25H,7,12,19,21H2,1-6H3,(H,39,47)/b15-8+/t25-/m0/s1. The first kappa shape index (κ1) is 38.0. The molecule has 0 aliphatic heterocycles. The predicted molar refractivity (Wildman–Crippen MR) is 183 cm³/mol. The van der Waals surface area contributed by atoms with Crippen LogP contribution in [0.2, 0.25) is 0 Å². The molecule has 0 radical (unpaired) electrons. The number of carbonyl (C=O) groups is 4. The van der Waals surface area contributed by atoms with Crippen LogP contribution in [0.5, 0.6) is 11.5 Å². The van der Waals surface area contributed by atoms with Gasteiger partial charge >= 0.3 is 12.2 Å². The highest BCUT2D eigenvalue weighted by Gasteiger charge is 2.26. The van der Waals surface area contributed by atoms with Gasteiger partial charge in [-0.3, -0.25) is 14.4 Å². The summed E-state index contributed by atoms with van der Waals surface area (Å²) in [4.78, 5) is 70.5. The van der Waals surface area contributed by atoms with Gasteiger partial charge in [0.25, 0.3) is 5.56 Å². The zero-order valence-corrected chi connectivity index (χ0v) is 29.1. The monoisotopic (exact) mass is 707 g/mol. The summed E-state index contributed by atoms with van der Waals surface area (Å²) in [7, 11) is 4.35. The number of para-hydroxylation sites is 1. The Labute approximate surface area is 292 Å². The van der Waals surface area contributed by atoms with Crippen molar-refractivity contribution in [1.29, 1.82) is 0 Å². The van der Waals surface area contributed by atoms with Gasteiger partial charge in [-0.1, -0.05) is 18.2 Å². The molecular weight excluding hydrogens is 668 g/mol. The summed E-state index contributed by atoms with van der Waals surface area (Å²) in [5.74, 6) is -2.61. The number of carbonyl (C=O) groups excluding carboxylic acids is 4. The second kappa shape index (κ2) is 16.2. The lowest BCUT2D eigenvalue weighted by Crippen LogP contribution is -2.42. The summed E-state index contributed by atoms with van der Waals surface area (Å²) in [6, 6.07) is 9.45. The third kappa shape index (κ3) is 9.86. The number of pyridine rings is 1. The average Bonchev–Trinajstić information content (AvgIpc) is 3.43. The highest BCUT2D eigenvalue weighted by Crippen LogP contribution is 2.32. The van der Waals surface area contributed by atoms with Gasteiger partial charge in [0.05, 0.1) is 25.2 Å². The molecule has 2 aromatic heterocycles. The second-order valence-electron chi connectivity index (χ2n) is 12.7. The van der Waals surface area contributed by atoms with Gasteiger partial charge in [-0.15, -0.1) is 0 Å². The molecule has 4 rings (SSSR count). The number of allylic oxidation sites excluding steroid dienone is 1. The maximum Gasteiger partial charge on any atom is 0.420 e. The van der Waals surface area contributed by atoms with Gasteiger partial charge < -0.3 is 29.0 Å². The van der Waals surface area contributed by atoms with E-state index in [1.807, 2.05) is 0 Å². The SMILES string of the molecule is COC(=O)N[C@@H](CC/C=C/C(=O)N(C)C)C(=O)Cc1cccn(Cc2nc3c(Oc4ccc(F)cc4F)cccc3n2C(=O)OC(C)(C)C)c1=O. The molecule has 0 bridgehead atoms. The van der Waals surface area contributed by atoms with Gasteiger partial charge in [0.15, 0.2) is 23.1 Å². The van der Waals surface area contributed by atoms with E-state index < -0.39 is 46.8 Å². The number of alkyl carbamates (subject to hydrolysis) is 1. The van der Waals surface area contributed by atoms with Crippen molar-refractivity contribution in [3.8, 4) is 11.5 Å². The Bertz CT molecular complexity index is 2030. The lowest BCUT2D eigenvalue weighted by Gasteiger charge is -2.20. The number of hydrogen-bond donors (Lipinski definition) is 1. The van der Waals surface area contributed by atoms with Crippen molar-refractivity contribution in [2.45, 2.75) is 58.2 Å². The van der Waals surface area contributed by atoms with E-state index in [2.05, 4.69) is 15.0 Å². The van der Waals surface area contributed by atoms with Gasteiger partial charge in [-0.05, 0) is 70.0 Å². The number of hydrogen-bond acceptors (Lipinski definition) is 9. The highest BCUT2D eigenvalue weighted by molar-refractivity contribution is 5.91. The molecule has 0 aliphatic rings. The minimum atomic E-state index is -1.02. The fourth-order valence-corrected chi connectivity index (χ4v) is 4.92. The molecule has 0 spiro atoms. The summed E-state index contributed by atoms with van der Waals surface area (Å²) in [5, 5.41) is 2.49. The fraction of sp³-hybridized carbons (Fsp3) is 0.333. The lowest BCUT2D eigenvalue weighted by molar-refractivity contribution is -0.123. The number of aromatic nitrogens is 3. The molecule has 51 heavy (non-hydrogen) atoms. The van der Waals surface area contributed by atoms with Crippen molar-refractivity contribution in [2.24, 2.45) is 0 Å². The summed E-state index contributed by atoms with van der Waals surface area (Å²) < 4.78 is 46.5. The molecule has 0 aliphatic carbocycles. The van der Waals surface area contributed by atoms with Crippen LogP contribution in [0.25, 0.3) is 11.0 Å². The minimum absolute atomic E-state index is 0.0540. The van der Waals surface area contributed by atoms with Crippen LogP contribution in [0.4, 0.5) is 18.4 Å². The molecule has 1 atom stereocenters. The third-order valence-electron chi connectivity index (χ3n) is 7.37. The van der Waals surface area contributed by atoms with Crippen LogP contribution in [-0.2, 0) is 32.0 Å². The zero-order valence-electron chi connectivity index (χ0n) is 29.1. The fourth-order valence-electron chi connectivity index (χ4n) is 4.92. The maximum atomic E-state index is 14.5. The number of imidazole rings is 1.